The molecule has 0 spiro atoms. The van der Waals surface area contributed by atoms with Crippen LogP contribution in [0.15, 0.2) is 58.4 Å². The Balaban J connectivity index is 2.50. The first-order chi connectivity index (χ1) is 7.36. The molecule has 1 heterocycles. The van der Waals surface area contributed by atoms with E-state index < -0.39 is 0 Å². The Morgan fingerprint density at radius 1 is 0.933 bits per heavy atom. The van der Waals surface area contributed by atoms with Crippen molar-refractivity contribution in [1.82, 2.24) is 0 Å². The summed E-state index contributed by atoms with van der Waals surface area (Å²) >= 11 is 3.75. The third-order valence-corrected chi connectivity index (χ3v) is 5.91. The predicted molar refractivity (Wildman–Crippen MR) is 67.3 cm³/mol. The zero-order valence-corrected chi connectivity index (χ0v) is 10.3. The molecule has 1 unspecified atom stereocenters. The van der Waals surface area contributed by atoms with Gasteiger partial charge in [-0.05, 0) is 39.1 Å². The highest BCUT2D eigenvalue weighted by Crippen LogP contribution is 2.43. The summed E-state index contributed by atoms with van der Waals surface area (Å²) in [4.78, 5) is 5.91. The van der Waals surface area contributed by atoms with Crippen molar-refractivity contribution in [1.29, 1.82) is 0 Å². The monoisotopic (exact) mass is 277 g/mol. The van der Waals surface area contributed by atoms with E-state index in [0.717, 1.165) is 11.0 Å². The van der Waals surface area contributed by atoms with Crippen molar-refractivity contribution in [3.05, 3.63) is 58.4 Å². The van der Waals surface area contributed by atoms with Gasteiger partial charge in [-0.25, -0.2) is 4.99 Å². The van der Waals surface area contributed by atoms with Gasteiger partial charge in [-0.1, -0.05) is 33.2 Å². The zero-order valence-electron chi connectivity index (χ0n) is 7.85. The second kappa shape index (κ2) is 3.58. The Bertz CT molecular complexity index is 649. The average molecular weight is 278 g/mol. The summed E-state index contributed by atoms with van der Waals surface area (Å²) in [7, 11) is -0.0213. The first kappa shape index (κ1) is 9.31. The number of hydrogen-bond donors (Lipinski definition) is 0. The summed E-state index contributed by atoms with van der Waals surface area (Å²) in [5, 5.41) is 1.08. The van der Waals surface area contributed by atoms with Crippen LogP contribution in [0, 0.1) is 4.51 Å². The summed E-state index contributed by atoms with van der Waals surface area (Å²) in [5.41, 5.74) is 1.08. The number of fused-ring (bicyclic) bond motifs is 2. The lowest BCUT2D eigenvalue weighted by atomic mass is 10.3. The molecular weight excluding hydrogens is 270 g/mol. The predicted octanol–water partition coefficient (Wildman–Crippen LogP) is 3.84. The van der Waals surface area contributed by atoms with E-state index in [1.54, 1.807) is 0 Å². The maximum absolute atomic E-state index is 4.64. The van der Waals surface area contributed by atoms with E-state index in [0.29, 0.717) is 0 Å². The molecule has 3 rings (SSSR count). The zero-order chi connectivity index (χ0) is 10.3. The lowest BCUT2D eigenvalue weighted by molar-refractivity contribution is 1.25. The lowest BCUT2D eigenvalue weighted by Gasteiger charge is -2.10. The van der Waals surface area contributed by atoms with Crippen molar-refractivity contribution in [2.24, 2.45) is 4.99 Å². The molecule has 1 nitrogen and oxygen atoms in total. The number of halogens is 1. The van der Waals surface area contributed by atoms with Crippen molar-refractivity contribution in [2.45, 2.75) is 4.90 Å². The first-order valence-corrected chi connectivity index (χ1v) is 7.73. The van der Waals surface area contributed by atoms with Crippen LogP contribution in [0.3, 0.4) is 0 Å². The van der Waals surface area contributed by atoms with Crippen molar-refractivity contribution in [2.75, 3.05) is 0 Å². The maximum Gasteiger partial charge on any atom is 0.0776 e. The molecule has 1 aliphatic rings. The van der Waals surface area contributed by atoms with Gasteiger partial charge < -0.3 is 0 Å². The third kappa shape index (κ3) is 1.46. The number of hydrogen-bond acceptors (Lipinski definition) is 1. The highest BCUT2D eigenvalue weighted by atomic mass is 79.9. The second-order valence-corrected chi connectivity index (χ2v) is 6.64. The Hall–Kier alpha value is -0.930. The summed E-state index contributed by atoms with van der Waals surface area (Å²) in [5.74, 6) is 0. The van der Waals surface area contributed by atoms with E-state index in [1.807, 2.05) is 12.1 Å². The van der Waals surface area contributed by atoms with Gasteiger partial charge in [0.25, 0.3) is 0 Å². The van der Waals surface area contributed by atoms with E-state index >= 15 is 0 Å². The highest BCUT2D eigenvalue weighted by molar-refractivity contribution is 9.52. The van der Waals surface area contributed by atoms with E-state index in [1.165, 1.54) is 9.41 Å². The van der Waals surface area contributed by atoms with Crippen molar-refractivity contribution in [3.63, 3.8) is 0 Å². The molecule has 3 heteroatoms. The third-order valence-electron chi connectivity index (χ3n) is 2.36. The van der Waals surface area contributed by atoms with Gasteiger partial charge in [0.05, 0.1) is 11.0 Å². The fourth-order valence-electron chi connectivity index (χ4n) is 1.65. The summed E-state index contributed by atoms with van der Waals surface area (Å²) in [6.07, 6.45) is 0. The van der Waals surface area contributed by atoms with Crippen molar-refractivity contribution in [3.8, 4) is 0 Å². The van der Waals surface area contributed by atoms with Gasteiger partial charge in [-0.3, -0.25) is 0 Å². The van der Waals surface area contributed by atoms with Gasteiger partial charge in [0.15, 0.2) is 0 Å². The summed E-state index contributed by atoms with van der Waals surface area (Å²) in [6.45, 7) is 0. The Labute approximate surface area is 97.6 Å². The fourth-order valence-corrected chi connectivity index (χ4v) is 4.52. The molecule has 0 aromatic heterocycles. The average Bonchev–Trinajstić information content (AvgIpc) is 2.30. The van der Waals surface area contributed by atoms with Crippen LogP contribution in [0.1, 0.15) is 0 Å². The molecule has 0 N–H and O–H groups in total. The first-order valence-electron chi connectivity index (χ1n) is 4.66. The van der Waals surface area contributed by atoms with Crippen LogP contribution in [0.4, 0.5) is 5.69 Å². The molecule has 0 bridgehead atoms. The largest absolute Gasteiger partial charge is 0.247 e. The SMILES string of the molecule is BrS1=c2ccccc2=Nc2ccccc21. The molecule has 0 radical (unpaired) electrons. The van der Waals surface area contributed by atoms with E-state index in [-0.39, 0.29) is 8.92 Å². The molecule has 0 saturated heterocycles. The molecule has 1 atom stereocenters. The number of para-hydroxylation sites is 2. The topological polar surface area (TPSA) is 12.4 Å². The van der Waals surface area contributed by atoms with E-state index in [2.05, 4.69) is 56.2 Å². The van der Waals surface area contributed by atoms with Gasteiger partial charge >= 0.3 is 0 Å². The molecule has 15 heavy (non-hydrogen) atoms. The molecule has 0 fully saturated rings. The molecule has 2 aromatic rings. The Morgan fingerprint density at radius 2 is 1.67 bits per heavy atom. The normalized spacial score (nSPS) is 17.5. The molecule has 2 aromatic carbocycles. The van der Waals surface area contributed by atoms with Gasteiger partial charge in [0.1, 0.15) is 0 Å². The minimum atomic E-state index is -0.0213. The minimum Gasteiger partial charge on any atom is -0.247 e. The van der Waals surface area contributed by atoms with Gasteiger partial charge in [0.2, 0.25) is 0 Å². The molecule has 0 amide bonds. The Kier molecular flexibility index (Phi) is 2.22. The van der Waals surface area contributed by atoms with Crippen LogP contribution in [0.2, 0.25) is 0 Å². The summed E-state index contributed by atoms with van der Waals surface area (Å²) in [6, 6.07) is 16.6. The molecule has 0 saturated carbocycles. The van der Waals surface area contributed by atoms with Crippen LogP contribution in [-0.4, -0.2) is 0 Å². The highest BCUT2D eigenvalue weighted by Gasteiger charge is 2.08. The standard InChI is InChI=1S/C12H8BrNS/c13-15-11-7-3-1-5-9(11)14-10-6-2-4-8-12(10)15/h1-8H. The fraction of sp³-hybridized carbons (Fsp3) is 0. The Morgan fingerprint density at radius 3 is 2.60 bits per heavy atom. The number of benzene rings is 2. The second-order valence-electron chi connectivity index (χ2n) is 3.30. The van der Waals surface area contributed by atoms with Crippen LogP contribution in [0.5, 0.6) is 0 Å². The molecule has 1 aliphatic heterocycles. The van der Waals surface area contributed by atoms with Crippen molar-refractivity contribution < 1.29 is 0 Å². The minimum absolute atomic E-state index is 0.0213. The van der Waals surface area contributed by atoms with Crippen LogP contribution >= 0.6 is 23.7 Å². The van der Waals surface area contributed by atoms with Crippen LogP contribution < -0.4 is 5.36 Å². The smallest absolute Gasteiger partial charge is 0.0776 e. The van der Waals surface area contributed by atoms with Crippen LogP contribution in [0.25, 0.3) is 0 Å². The summed E-state index contributed by atoms with van der Waals surface area (Å²) < 4.78 is 1.27. The maximum atomic E-state index is 4.64. The van der Waals surface area contributed by atoms with Gasteiger partial charge in [-0.2, -0.15) is 0 Å². The molecule has 0 aliphatic carbocycles. The van der Waals surface area contributed by atoms with E-state index in [4.69, 9.17) is 0 Å². The van der Waals surface area contributed by atoms with Gasteiger partial charge in [-0.15, -0.1) is 0 Å². The number of nitrogens with zero attached hydrogens (tertiary/aromatic N) is 1. The lowest BCUT2D eigenvalue weighted by Crippen LogP contribution is -2.04. The van der Waals surface area contributed by atoms with E-state index in [9.17, 15) is 0 Å². The quantitative estimate of drug-likeness (QED) is 0.649. The number of rotatable bonds is 0. The van der Waals surface area contributed by atoms with Crippen molar-refractivity contribution >= 4 is 29.4 Å². The van der Waals surface area contributed by atoms with Crippen LogP contribution in [-0.2, 0) is 0 Å². The molecular formula is C12H8BrNS. The van der Waals surface area contributed by atoms with Gasteiger partial charge in [0, 0.05) is 9.41 Å². The molecule has 74 valence electrons.